The summed E-state index contributed by atoms with van der Waals surface area (Å²) in [5.74, 6) is 0.636. The van der Waals surface area contributed by atoms with E-state index in [0.717, 1.165) is 0 Å². The molecule has 0 aliphatic carbocycles. The molecule has 102 valence electrons. The van der Waals surface area contributed by atoms with Crippen LogP contribution in [0, 0.1) is 5.82 Å². The Morgan fingerprint density at radius 3 is 2.85 bits per heavy atom. The average molecular weight is 273 g/mol. The Morgan fingerprint density at radius 1 is 1.25 bits per heavy atom. The number of H-pyrrole nitrogens is 1. The molecule has 0 saturated carbocycles. The second kappa shape index (κ2) is 5.16. The van der Waals surface area contributed by atoms with Crippen LogP contribution >= 0.6 is 0 Å². The molecule has 1 aromatic carbocycles. The topological polar surface area (TPSA) is 63.8 Å². The van der Waals surface area contributed by atoms with E-state index in [0.29, 0.717) is 30.1 Å². The fourth-order valence-electron chi connectivity index (χ4n) is 2.05. The van der Waals surface area contributed by atoms with Crippen molar-refractivity contribution in [2.45, 2.75) is 13.0 Å². The Bertz CT molecular complexity index is 759. The molecular formula is C14H12FN3O2. The normalized spacial score (nSPS) is 10.8. The third-order valence-corrected chi connectivity index (χ3v) is 3.06. The van der Waals surface area contributed by atoms with Crippen molar-refractivity contribution >= 4 is 0 Å². The van der Waals surface area contributed by atoms with Crippen molar-refractivity contribution in [2.24, 2.45) is 0 Å². The lowest BCUT2D eigenvalue weighted by molar-refractivity contribution is 0.561. The van der Waals surface area contributed by atoms with Gasteiger partial charge in [-0.1, -0.05) is 18.2 Å². The van der Waals surface area contributed by atoms with E-state index < -0.39 is 0 Å². The molecule has 2 heterocycles. The maximum atomic E-state index is 13.6. The maximum Gasteiger partial charge on any atom is 0.343 e. The van der Waals surface area contributed by atoms with Crippen molar-refractivity contribution in [3.05, 3.63) is 64.5 Å². The highest BCUT2D eigenvalue weighted by atomic mass is 19.1. The van der Waals surface area contributed by atoms with Crippen LogP contribution in [0.2, 0.25) is 0 Å². The number of rotatable bonds is 4. The molecule has 0 fully saturated rings. The second-order valence-electron chi connectivity index (χ2n) is 4.32. The van der Waals surface area contributed by atoms with E-state index in [9.17, 15) is 9.18 Å². The largest absolute Gasteiger partial charge is 0.461 e. The lowest BCUT2D eigenvalue weighted by atomic mass is 10.1. The highest BCUT2D eigenvalue weighted by molar-refractivity contribution is 5.45. The average Bonchev–Trinajstić information content (AvgIpc) is 3.08. The first-order valence-electron chi connectivity index (χ1n) is 6.18. The molecule has 0 aliphatic heterocycles. The van der Waals surface area contributed by atoms with Gasteiger partial charge in [-0.15, -0.1) is 5.10 Å². The number of benzene rings is 1. The summed E-state index contributed by atoms with van der Waals surface area (Å²) in [6, 6.07) is 9.94. The zero-order valence-electron chi connectivity index (χ0n) is 10.5. The van der Waals surface area contributed by atoms with Gasteiger partial charge < -0.3 is 4.42 Å². The predicted octanol–water partition coefficient (Wildman–Crippen LogP) is 2.21. The molecule has 0 aliphatic rings. The van der Waals surface area contributed by atoms with Crippen LogP contribution in [0.5, 0.6) is 0 Å². The summed E-state index contributed by atoms with van der Waals surface area (Å²) in [5, 5.41) is 6.31. The highest BCUT2D eigenvalue weighted by Crippen LogP contribution is 2.16. The molecule has 0 bridgehead atoms. The van der Waals surface area contributed by atoms with E-state index in [1.165, 1.54) is 16.9 Å². The van der Waals surface area contributed by atoms with Gasteiger partial charge >= 0.3 is 5.69 Å². The van der Waals surface area contributed by atoms with E-state index in [1.807, 2.05) is 0 Å². The summed E-state index contributed by atoms with van der Waals surface area (Å²) < 4.78 is 20.2. The Balaban J connectivity index is 1.87. The van der Waals surface area contributed by atoms with Gasteiger partial charge in [0, 0.05) is 6.54 Å². The first kappa shape index (κ1) is 12.4. The van der Waals surface area contributed by atoms with Crippen molar-refractivity contribution in [3.8, 4) is 11.6 Å². The van der Waals surface area contributed by atoms with Gasteiger partial charge in [0.1, 0.15) is 5.82 Å². The summed E-state index contributed by atoms with van der Waals surface area (Å²) in [7, 11) is 0. The number of furan rings is 1. The van der Waals surface area contributed by atoms with Gasteiger partial charge in [-0.05, 0) is 30.2 Å². The highest BCUT2D eigenvalue weighted by Gasteiger charge is 2.13. The molecule has 0 saturated heterocycles. The van der Waals surface area contributed by atoms with Crippen molar-refractivity contribution in [2.75, 3.05) is 0 Å². The summed E-state index contributed by atoms with van der Waals surface area (Å²) in [6.45, 7) is 0.326. The van der Waals surface area contributed by atoms with Crippen LogP contribution in [-0.4, -0.2) is 14.8 Å². The number of aryl methyl sites for hydroxylation is 1. The molecule has 1 N–H and O–H groups in total. The van der Waals surface area contributed by atoms with Gasteiger partial charge in [-0.3, -0.25) is 4.57 Å². The zero-order chi connectivity index (χ0) is 13.9. The van der Waals surface area contributed by atoms with Crippen LogP contribution < -0.4 is 5.69 Å². The monoisotopic (exact) mass is 273 g/mol. The van der Waals surface area contributed by atoms with Crippen molar-refractivity contribution in [1.29, 1.82) is 0 Å². The van der Waals surface area contributed by atoms with Gasteiger partial charge in [0.15, 0.2) is 11.6 Å². The Morgan fingerprint density at radius 2 is 2.10 bits per heavy atom. The minimum absolute atomic E-state index is 0.274. The van der Waals surface area contributed by atoms with Gasteiger partial charge in [0.05, 0.1) is 6.26 Å². The lowest BCUT2D eigenvalue weighted by Gasteiger charge is -2.05. The summed E-state index contributed by atoms with van der Waals surface area (Å²) >= 11 is 0. The molecule has 3 aromatic rings. The van der Waals surface area contributed by atoms with Gasteiger partial charge in [-0.2, -0.15) is 0 Å². The second-order valence-corrected chi connectivity index (χ2v) is 4.32. The van der Waals surface area contributed by atoms with E-state index in [4.69, 9.17) is 4.42 Å². The molecule has 0 unspecified atom stereocenters. The molecule has 20 heavy (non-hydrogen) atoms. The van der Waals surface area contributed by atoms with Crippen molar-refractivity contribution < 1.29 is 8.81 Å². The maximum absolute atomic E-state index is 13.6. The van der Waals surface area contributed by atoms with Gasteiger partial charge in [-0.25, -0.2) is 14.3 Å². The van der Waals surface area contributed by atoms with Crippen LogP contribution in [-0.2, 0) is 13.0 Å². The van der Waals surface area contributed by atoms with Crippen LogP contribution in [0.3, 0.4) is 0 Å². The van der Waals surface area contributed by atoms with E-state index >= 15 is 0 Å². The fraction of sp³-hybridized carbons (Fsp3) is 0.143. The zero-order valence-corrected chi connectivity index (χ0v) is 10.5. The smallest absolute Gasteiger partial charge is 0.343 e. The standard InChI is InChI=1S/C14H12FN3O2/c15-11-5-2-1-4-10(11)7-8-18-13(16-17-14(18)19)12-6-3-9-20-12/h1-6,9H,7-8H2,(H,17,19). The third-order valence-electron chi connectivity index (χ3n) is 3.06. The van der Waals surface area contributed by atoms with Gasteiger partial charge in [0.25, 0.3) is 0 Å². The Hall–Kier alpha value is -2.63. The number of hydrogen-bond acceptors (Lipinski definition) is 3. The number of hydrogen-bond donors (Lipinski definition) is 1. The molecular weight excluding hydrogens is 261 g/mol. The summed E-state index contributed by atoms with van der Waals surface area (Å²) in [5.41, 5.74) is 0.221. The predicted molar refractivity (Wildman–Crippen MR) is 70.7 cm³/mol. The molecule has 0 spiro atoms. The molecule has 2 aromatic heterocycles. The lowest BCUT2D eigenvalue weighted by Crippen LogP contribution is -2.19. The fourth-order valence-corrected chi connectivity index (χ4v) is 2.05. The van der Waals surface area contributed by atoms with Gasteiger partial charge in [0.2, 0.25) is 0 Å². The number of nitrogens with zero attached hydrogens (tertiary/aromatic N) is 2. The van der Waals surface area contributed by atoms with Crippen LogP contribution in [0.1, 0.15) is 5.56 Å². The summed E-state index contributed by atoms with van der Waals surface area (Å²) in [4.78, 5) is 11.8. The Kier molecular flexibility index (Phi) is 3.20. The SMILES string of the molecule is O=c1[nH]nc(-c2ccco2)n1CCc1ccccc1F. The number of halogens is 1. The van der Waals surface area contributed by atoms with Crippen LogP contribution in [0.25, 0.3) is 11.6 Å². The molecule has 0 amide bonds. The number of aromatic nitrogens is 3. The Labute approximate surface area is 113 Å². The van der Waals surface area contributed by atoms with Crippen LogP contribution in [0.4, 0.5) is 4.39 Å². The quantitative estimate of drug-likeness (QED) is 0.792. The summed E-state index contributed by atoms with van der Waals surface area (Å²) in [6.07, 6.45) is 1.91. The first-order chi connectivity index (χ1) is 9.75. The number of aromatic amines is 1. The number of nitrogens with one attached hydrogen (secondary N) is 1. The molecule has 6 heteroatoms. The van der Waals surface area contributed by atoms with Crippen molar-refractivity contribution in [1.82, 2.24) is 14.8 Å². The minimum Gasteiger partial charge on any atom is -0.461 e. The van der Waals surface area contributed by atoms with E-state index in [-0.39, 0.29) is 11.5 Å². The molecule has 3 rings (SSSR count). The molecule has 5 nitrogen and oxygen atoms in total. The molecule has 0 radical (unpaired) electrons. The van der Waals surface area contributed by atoms with E-state index in [1.54, 1.807) is 30.3 Å². The molecule has 0 atom stereocenters. The first-order valence-corrected chi connectivity index (χ1v) is 6.18. The minimum atomic E-state index is -0.340. The van der Waals surface area contributed by atoms with E-state index in [2.05, 4.69) is 10.2 Å². The van der Waals surface area contributed by atoms with Crippen LogP contribution in [0.15, 0.2) is 51.9 Å². The van der Waals surface area contributed by atoms with Crippen molar-refractivity contribution in [3.63, 3.8) is 0 Å². The third kappa shape index (κ3) is 2.27.